The molecule has 3 N–H and O–H groups in total. The van der Waals surface area contributed by atoms with Crippen LogP contribution >= 0.6 is 0 Å². The Morgan fingerprint density at radius 1 is 1.32 bits per heavy atom. The van der Waals surface area contributed by atoms with Crippen LogP contribution in [0.5, 0.6) is 0 Å². The SMILES string of the molecule is CC(=O)NC(Cc1c[nH]c2ccccc12)C(=O)N1CCCC(CCC(=O)O)C1. The second-order valence-electron chi connectivity index (χ2n) is 7.54. The topological polar surface area (TPSA) is 103 Å². The molecule has 1 aromatic carbocycles. The van der Waals surface area contributed by atoms with Gasteiger partial charge < -0.3 is 20.3 Å². The van der Waals surface area contributed by atoms with E-state index in [2.05, 4.69) is 10.3 Å². The molecule has 0 bridgehead atoms. The number of hydrogen-bond donors (Lipinski definition) is 3. The van der Waals surface area contributed by atoms with Gasteiger partial charge >= 0.3 is 5.97 Å². The Balaban J connectivity index is 1.72. The first kappa shape index (κ1) is 19.9. The summed E-state index contributed by atoms with van der Waals surface area (Å²) in [6.45, 7) is 2.61. The number of nitrogens with one attached hydrogen (secondary N) is 2. The van der Waals surface area contributed by atoms with Crippen molar-refractivity contribution in [2.45, 2.75) is 45.1 Å². The van der Waals surface area contributed by atoms with E-state index in [0.29, 0.717) is 25.9 Å². The Hall–Kier alpha value is -2.83. The van der Waals surface area contributed by atoms with E-state index in [9.17, 15) is 14.4 Å². The quantitative estimate of drug-likeness (QED) is 0.681. The van der Waals surface area contributed by atoms with Crippen molar-refractivity contribution in [2.75, 3.05) is 13.1 Å². The van der Waals surface area contributed by atoms with Gasteiger partial charge in [0.15, 0.2) is 0 Å². The van der Waals surface area contributed by atoms with Crippen LogP contribution in [0.25, 0.3) is 10.9 Å². The van der Waals surface area contributed by atoms with Crippen molar-refractivity contribution >= 4 is 28.7 Å². The second-order valence-corrected chi connectivity index (χ2v) is 7.54. The molecule has 2 amide bonds. The number of aliphatic carboxylic acids is 1. The molecule has 1 saturated heterocycles. The number of amides is 2. The summed E-state index contributed by atoms with van der Waals surface area (Å²) in [7, 11) is 0. The number of carbonyl (C=O) groups is 3. The first-order valence-electron chi connectivity index (χ1n) is 9.76. The predicted octanol–water partition coefficient (Wildman–Crippen LogP) is 2.32. The average Bonchev–Trinajstić information content (AvgIpc) is 3.08. The number of piperidine rings is 1. The number of carbonyl (C=O) groups excluding carboxylic acids is 2. The largest absolute Gasteiger partial charge is 0.481 e. The van der Waals surface area contributed by atoms with Gasteiger partial charge in [-0.05, 0) is 36.8 Å². The van der Waals surface area contributed by atoms with Crippen molar-refractivity contribution in [3.63, 3.8) is 0 Å². The fraction of sp³-hybridized carbons (Fsp3) is 0.476. The van der Waals surface area contributed by atoms with Gasteiger partial charge in [0.1, 0.15) is 6.04 Å². The van der Waals surface area contributed by atoms with Crippen molar-refractivity contribution in [3.8, 4) is 0 Å². The number of likely N-dealkylation sites (tertiary alicyclic amines) is 1. The molecule has 0 aliphatic carbocycles. The molecule has 0 radical (unpaired) electrons. The molecular weight excluding hydrogens is 358 g/mol. The summed E-state index contributed by atoms with van der Waals surface area (Å²) < 4.78 is 0. The van der Waals surface area contributed by atoms with Gasteiger partial charge in [0.2, 0.25) is 11.8 Å². The van der Waals surface area contributed by atoms with E-state index in [1.807, 2.05) is 30.5 Å². The summed E-state index contributed by atoms with van der Waals surface area (Å²) in [5, 5.41) is 12.8. The van der Waals surface area contributed by atoms with Gasteiger partial charge in [0, 0.05) is 50.0 Å². The number of benzene rings is 1. The van der Waals surface area contributed by atoms with Crippen LogP contribution in [0.1, 0.15) is 38.2 Å². The van der Waals surface area contributed by atoms with Gasteiger partial charge in [0.05, 0.1) is 0 Å². The van der Waals surface area contributed by atoms with Crippen LogP contribution in [0.3, 0.4) is 0 Å². The van der Waals surface area contributed by atoms with E-state index >= 15 is 0 Å². The molecule has 1 aliphatic heterocycles. The maximum Gasteiger partial charge on any atom is 0.303 e. The van der Waals surface area contributed by atoms with Crippen LogP contribution in [0, 0.1) is 5.92 Å². The van der Waals surface area contributed by atoms with Gasteiger partial charge in [0.25, 0.3) is 0 Å². The van der Waals surface area contributed by atoms with Crippen molar-refractivity contribution in [1.29, 1.82) is 0 Å². The van der Waals surface area contributed by atoms with Crippen molar-refractivity contribution in [3.05, 3.63) is 36.0 Å². The molecule has 0 saturated carbocycles. The average molecular weight is 385 g/mol. The number of carboxylic acid groups (broad SMARTS) is 1. The monoisotopic (exact) mass is 385 g/mol. The maximum absolute atomic E-state index is 13.2. The zero-order valence-corrected chi connectivity index (χ0v) is 16.1. The molecule has 2 atom stereocenters. The first-order valence-corrected chi connectivity index (χ1v) is 9.76. The molecule has 7 heteroatoms. The number of rotatable bonds is 7. The highest BCUT2D eigenvalue weighted by Gasteiger charge is 2.30. The van der Waals surface area contributed by atoms with Gasteiger partial charge in [-0.15, -0.1) is 0 Å². The Labute approximate surface area is 164 Å². The molecule has 2 aromatic rings. The fourth-order valence-corrected chi connectivity index (χ4v) is 4.01. The van der Waals surface area contributed by atoms with Crippen LogP contribution in [0.15, 0.2) is 30.5 Å². The molecule has 0 spiro atoms. The van der Waals surface area contributed by atoms with Crippen LogP contribution in [-0.4, -0.2) is 51.9 Å². The number of aromatic amines is 1. The molecule has 1 fully saturated rings. The Morgan fingerprint density at radius 3 is 2.86 bits per heavy atom. The normalized spacial score (nSPS) is 18.0. The first-order chi connectivity index (χ1) is 13.4. The standard InChI is InChI=1S/C21H27N3O4/c1-14(25)23-19(11-16-12-22-18-7-3-2-6-17(16)18)21(28)24-10-4-5-15(13-24)8-9-20(26)27/h2-3,6-7,12,15,19,22H,4-5,8-11,13H2,1H3,(H,23,25)(H,26,27). The smallest absolute Gasteiger partial charge is 0.303 e. The second kappa shape index (κ2) is 8.91. The molecule has 7 nitrogen and oxygen atoms in total. The lowest BCUT2D eigenvalue weighted by atomic mass is 9.92. The van der Waals surface area contributed by atoms with Crippen LogP contribution in [-0.2, 0) is 20.8 Å². The van der Waals surface area contributed by atoms with E-state index in [4.69, 9.17) is 5.11 Å². The summed E-state index contributed by atoms with van der Waals surface area (Å²) >= 11 is 0. The fourth-order valence-electron chi connectivity index (χ4n) is 4.01. The summed E-state index contributed by atoms with van der Waals surface area (Å²) in [5.41, 5.74) is 1.99. The van der Waals surface area contributed by atoms with E-state index in [-0.39, 0.29) is 24.2 Å². The van der Waals surface area contributed by atoms with Crippen LogP contribution in [0.2, 0.25) is 0 Å². The third kappa shape index (κ3) is 4.91. The van der Waals surface area contributed by atoms with E-state index < -0.39 is 12.0 Å². The highest BCUT2D eigenvalue weighted by atomic mass is 16.4. The zero-order valence-electron chi connectivity index (χ0n) is 16.1. The van der Waals surface area contributed by atoms with Gasteiger partial charge in [-0.2, -0.15) is 0 Å². The van der Waals surface area contributed by atoms with E-state index in [0.717, 1.165) is 29.3 Å². The lowest BCUT2D eigenvalue weighted by Gasteiger charge is -2.35. The third-order valence-electron chi connectivity index (χ3n) is 5.37. The number of para-hydroxylation sites is 1. The van der Waals surface area contributed by atoms with Crippen LogP contribution < -0.4 is 5.32 Å². The minimum absolute atomic E-state index is 0.0968. The van der Waals surface area contributed by atoms with Gasteiger partial charge in [-0.25, -0.2) is 0 Å². The summed E-state index contributed by atoms with van der Waals surface area (Å²) in [4.78, 5) is 40.7. The van der Waals surface area contributed by atoms with Gasteiger partial charge in [-0.1, -0.05) is 18.2 Å². The molecule has 28 heavy (non-hydrogen) atoms. The maximum atomic E-state index is 13.2. The van der Waals surface area contributed by atoms with E-state index in [1.165, 1.54) is 6.92 Å². The number of aromatic nitrogens is 1. The van der Waals surface area contributed by atoms with Gasteiger partial charge in [-0.3, -0.25) is 14.4 Å². The summed E-state index contributed by atoms with van der Waals surface area (Å²) in [6.07, 6.45) is 4.79. The molecule has 3 rings (SSSR count). The number of H-pyrrole nitrogens is 1. The number of fused-ring (bicyclic) bond motifs is 1. The Kier molecular flexibility index (Phi) is 6.34. The highest BCUT2D eigenvalue weighted by Crippen LogP contribution is 2.23. The number of hydrogen-bond acceptors (Lipinski definition) is 3. The van der Waals surface area contributed by atoms with E-state index in [1.54, 1.807) is 4.90 Å². The van der Waals surface area contributed by atoms with Crippen molar-refractivity contribution in [2.24, 2.45) is 5.92 Å². The molecule has 1 aliphatic rings. The van der Waals surface area contributed by atoms with Crippen LogP contribution in [0.4, 0.5) is 0 Å². The van der Waals surface area contributed by atoms with Crippen molar-refractivity contribution in [1.82, 2.24) is 15.2 Å². The number of carboxylic acids is 1. The zero-order chi connectivity index (χ0) is 20.1. The molecule has 2 unspecified atom stereocenters. The minimum atomic E-state index is -0.807. The molecule has 1 aromatic heterocycles. The summed E-state index contributed by atoms with van der Waals surface area (Å²) in [6, 6.07) is 7.25. The minimum Gasteiger partial charge on any atom is -0.481 e. The molecule has 2 heterocycles. The highest BCUT2D eigenvalue weighted by molar-refractivity contribution is 5.89. The Morgan fingerprint density at radius 2 is 2.11 bits per heavy atom. The lowest BCUT2D eigenvalue weighted by molar-refractivity contribution is -0.138. The molecule has 150 valence electrons. The summed E-state index contributed by atoms with van der Waals surface area (Å²) in [5.74, 6) is -0.947. The molecular formula is C21H27N3O4. The lowest BCUT2D eigenvalue weighted by Crippen LogP contribution is -2.51. The van der Waals surface area contributed by atoms with Crippen molar-refractivity contribution < 1.29 is 19.5 Å². The predicted molar refractivity (Wildman–Crippen MR) is 106 cm³/mol. The third-order valence-corrected chi connectivity index (χ3v) is 5.37. The number of nitrogens with zero attached hydrogens (tertiary/aromatic N) is 1. The Bertz CT molecular complexity index is 860.